The zero-order valence-corrected chi connectivity index (χ0v) is 16.2. The Labute approximate surface area is 159 Å². The Morgan fingerprint density at radius 3 is 2.69 bits per heavy atom. The van der Waals surface area contributed by atoms with Crippen LogP contribution in [0.3, 0.4) is 0 Å². The fourth-order valence-corrected chi connectivity index (χ4v) is 4.31. The summed E-state index contributed by atoms with van der Waals surface area (Å²) >= 11 is 1.67. The number of thiophene rings is 1. The van der Waals surface area contributed by atoms with E-state index in [2.05, 4.69) is 13.0 Å². The molecule has 0 bridgehead atoms. The third-order valence-electron chi connectivity index (χ3n) is 5.21. The van der Waals surface area contributed by atoms with E-state index in [1.165, 1.54) is 4.88 Å². The van der Waals surface area contributed by atoms with Crippen molar-refractivity contribution in [2.24, 2.45) is 5.92 Å². The number of hydrogen-bond acceptors (Lipinski definition) is 3. The van der Waals surface area contributed by atoms with Crippen LogP contribution in [-0.2, 0) is 16.0 Å². The van der Waals surface area contributed by atoms with E-state index in [1.807, 2.05) is 58.6 Å². The predicted octanol–water partition coefficient (Wildman–Crippen LogP) is 3.75. The third-order valence-corrected chi connectivity index (χ3v) is 6.25. The van der Waals surface area contributed by atoms with Crippen molar-refractivity contribution in [3.8, 4) is 0 Å². The van der Waals surface area contributed by atoms with Gasteiger partial charge in [-0.1, -0.05) is 36.4 Å². The Balaban J connectivity index is 1.60. The second kappa shape index (κ2) is 8.49. The number of piperidine rings is 1. The number of amides is 2. The highest BCUT2D eigenvalue weighted by atomic mass is 32.1. The Hall–Kier alpha value is -2.14. The number of carbonyl (C=O) groups is 2. The SMILES string of the molecule is CC(c1cccs1)N(C)C(=O)C1CCCN(C(=O)Cc2ccccc2)C1. The first-order valence-corrected chi connectivity index (χ1v) is 10.1. The molecule has 1 aromatic carbocycles. The lowest BCUT2D eigenvalue weighted by atomic mass is 9.95. The van der Waals surface area contributed by atoms with Crippen molar-refractivity contribution in [3.63, 3.8) is 0 Å². The van der Waals surface area contributed by atoms with Crippen LogP contribution in [0.15, 0.2) is 47.8 Å². The minimum atomic E-state index is -0.101. The standard InChI is InChI=1S/C21H26N2O2S/c1-16(19-11-7-13-26-19)22(2)21(25)18-10-6-12-23(15-18)20(24)14-17-8-4-3-5-9-17/h3-5,7-9,11,13,16,18H,6,10,12,14-15H2,1-2H3. The number of carbonyl (C=O) groups excluding carboxylic acids is 2. The highest BCUT2D eigenvalue weighted by Gasteiger charge is 2.31. The molecular formula is C21H26N2O2S. The minimum Gasteiger partial charge on any atom is -0.342 e. The smallest absolute Gasteiger partial charge is 0.227 e. The molecule has 2 amide bonds. The molecule has 0 aliphatic carbocycles. The summed E-state index contributed by atoms with van der Waals surface area (Å²) in [4.78, 5) is 30.5. The van der Waals surface area contributed by atoms with E-state index in [-0.39, 0.29) is 23.8 Å². The summed E-state index contributed by atoms with van der Waals surface area (Å²) in [6.45, 7) is 3.34. The van der Waals surface area contributed by atoms with Crippen LogP contribution in [0.25, 0.3) is 0 Å². The highest BCUT2D eigenvalue weighted by molar-refractivity contribution is 7.10. The van der Waals surface area contributed by atoms with Crippen LogP contribution in [0.2, 0.25) is 0 Å². The predicted molar refractivity (Wildman–Crippen MR) is 105 cm³/mol. The van der Waals surface area contributed by atoms with Gasteiger partial charge >= 0.3 is 0 Å². The minimum absolute atomic E-state index is 0.0675. The van der Waals surface area contributed by atoms with Crippen LogP contribution in [0.5, 0.6) is 0 Å². The van der Waals surface area contributed by atoms with Crippen molar-refractivity contribution in [2.45, 2.75) is 32.2 Å². The Bertz CT molecular complexity index is 730. The van der Waals surface area contributed by atoms with Crippen molar-refractivity contribution >= 4 is 23.2 Å². The lowest BCUT2D eigenvalue weighted by Gasteiger charge is -2.35. The second-order valence-electron chi connectivity index (χ2n) is 6.98. The maximum atomic E-state index is 13.0. The molecular weight excluding hydrogens is 344 g/mol. The van der Waals surface area contributed by atoms with Crippen molar-refractivity contribution in [1.82, 2.24) is 9.80 Å². The van der Waals surface area contributed by atoms with E-state index in [4.69, 9.17) is 0 Å². The van der Waals surface area contributed by atoms with Crippen LogP contribution in [0, 0.1) is 5.92 Å². The van der Waals surface area contributed by atoms with Crippen LogP contribution in [0.1, 0.15) is 36.2 Å². The maximum Gasteiger partial charge on any atom is 0.227 e. The summed E-state index contributed by atoms with van der Waals surface area (Å²) in [6.07, 6.45) is 2.15. The molecule has 0 radical (unpaired) electrons. The molecule has 138 valence electrons. The van der Waals surface area contributed by atoms with Gasteiger partial charge in [0.15, 0.2) is 0 Å². The van der Waals surface area contributed by atoms with E-state index in [0.717, 1.165) is 24.9 Å². The number of rotatable bonds is 5. The monoisotopic (exact) mass is 370 g/mol. The van der Waals surface area contributed by atoms with Gasteiger partial charge in [0.2, 0.25) is 11.8 Å². The average Bonchev–Trinajstić information content (AvgIpc) is 3.22. The zero-order chi connectivity index (χ0) is 18.5. The molecule has 1 aliphatic heterocycles. The summed E-state index contributed by atoms with van der Waals surface area (Å²) in [5, 5.41) is 2.04. The number of hydrogen-bond donors (Lipinski definition) is 0. The first-order valence-electron chi connectivity index (χ1n) is 9.18. The molecule has 1 fully saturated rings. The Morgan fingerprint density at radius 1 is 1.23 bits per heavy atom. The summed E-state index contributed by atoms with van der Waals surface area (Å²) in [7, 11) is 1.87. The van der Waals surface area contributed by atoms with Gasteiger partial charge in [-0.2, -0.15) is 0 Å². The summed E-state index contributed by atoms with van der Waals surface area (Å²) in [5.41, 5.74) is 1.02. The van der Waals surface area contributed by atoms with Gasteiger partial charge in [-0.25, -0.2) is 0 Å². The van der Waals surface area contributed by atoms with Crippen molar-refractivity contribution in [2.75, 3.05) is 20.1 Å². The lowest BCUT2D eigenvalue weighted by molar-refractivity contribution is -0.141. The van der Waals surface area contributed by atoms with Gasteiger partial charge in [-0.05, 0) is 36.8 Å². The highest BCUT2D eigenvalue weighted by Crippen LogP contribution is 2.27. The summed E-state index contributed by atoms with van der Waals surface area (Å²) < 4.78 is 0. The summed E-state index contributed by atoms with van der Waals surface area (Å²) in [5.74, 6) is 0.154. The molecule has 0 spiro atoms. The van der Waals surface area contributed by atoms with E-state index in [1.54, 1.807) is 11.3 Å². The van der Waals surface area contributed by atoms with Crippen molar-refractivity contribution < 1.29 is 9.59 Å². The topological polar surface area (TPSA) is 40.6 Å². The average molecular weight is 371 g/mol. The lowest BCUT2D eigenvalue weighted by Crippen LogP contribution is -2.46. The van der Waals surface area contributed by atoms with Gasteiger partial charge in [0, 0.05) is 25.0 Å². The van der Waals surface area contributed by atoms with Crippen LogP contribution >= 0.6 is 11.3 Å². The molecule has 2 aromatic rings. The molecule has 1 saturated heterocycles. The molecule has 26 heavy (non-hydrogen) atoms. The molecule has 2 heterocycles. The fraction of sp³-hybridized carbons (Fsp3) is 0.429. The Morgan fingerprint density at radius 2 is 2.00 bits per heavy atom. The number of nitrogens with zero attached hydrogens (tertiary/aromatic N) is 2. The van der Waals surface area contributed by atoms with E-state index < -0.39 is 0 Å². The summed E-state index contributed by atoms with van der Waals surface area (Å²) in [6, 6.07) is 13.9. The van der Waals surface area contributed by atoms with Crippen molar-refractivity contribution in [1.29, 1.82) is 0 Å². The quantitative estimate of drug-likeness (QED) is 0.804. The van der Waals surface area contributed by atoms with E-state index >= 15 is 0 Å². The normalized spacial score (nSPS) is 18.4. The second-order valence-corrected chi connectivity index (χ2v) is 7.96. The Kier molecular flexibility index (Phi) is 6.09. The van der Waals surface area contributed by atoms with Crippen LogP contribution < -0.4 is 0 Å². The van der Waals surface area contributed by atoms with Gasteiger partial charge in [-0.15, -0.1) is 11.3 Å². The third kappa shape index (κ3) is 4.33. The molecule has 2 atom stereocenters. The molecule has 4 nitrogen and oxygen atoms in total. The first-order chi connectivity index (χ1) is 12.6. The molecule has 0 N–H and O–H groups in total. The van der Waals surface area contributed by atoms with Gasteiger partial charge in [0.05, 0.1) is 18.4 Å². The number of likely N-dealkylation sites (tertiary alicyclic amines) is 1. The molecule has 2 unspecified atom stereocenters. The zero-order valence-electron chi connectivity index (χ0n) is 15.4. The van der Waals surface area contributed by atoms with E-state index in [0.29, 0.717) is 13.0 Å². The largest absolute Gasteiger partial charge is 0.342 e. The van der Waals surface area contributed by atoms with Gasteiger partial charge in [-0.3, -0.25) is 9.59 Å². The molecule has 5 heteroatoms. The first kappa shape index (κ1) is 18.6. The molecule has 3 rings (SSSR count). The van der Waals surface area contributed by atoms with Crippen LogP contribution in [0.4, 0.5) is 0 Å². The molecule has 1 aromatic heterocycles. The van der Waals surface area contributed by atoms with Gasteiger partial charge in [0.1, 0.15) is 0 Å². The fourth-order valence-electron chi connectivity index (χ4n) is 3.49. The maximum absolute atomic E-state index is 13.0. The van der Waals surface area contributed by atoms with Crippen molar-refractivity contribution in [3.05, 3.63) is 58.3 Å². The van der Waals surface area contributed by atoms with Gasteiger partial charge in [0.25, 0.3) is 0 Å². The van der Waals surface area contributed by atoms with Gasteiger partial charge < -0.3 is 9.80 Å². The van der Waals surface area contributed by atoms with Crippen LogP contribution in [-0.4, -0.2) is 41.8 Å². The molecule has 0 saturated carbocycles. The molecule has 1 aliphatic rings. The number of benzene rings is 1. The van der Waals surface area contributed by atoms with E-state index in [9.17, 15) is 9.59 Å².